The number of halogens is 12. The molecule has 0 radical (unpaired) electrons. The molecule has 17 heteroatoms. The number of carboxylic acids is 2. The quantitative estimate of drug-likeness (QED) is 0.374. The normalized spacial score (nSPS) is 14.2. The van der Waals surface area contributed by atoms with Crippen LogP contribution in [-0.4, -0.2) is 46.1 Å². The summed E-state index contributed by atoms with van der Waals surface area (Å²) >= 11 is 5.38. The maximum absolute atomic E-state index is 13.6. The van der Waals surface area contributed by atoms with Gasteiger partial charge in [-0.1, -0.05) is 11.6 Å². The van der Waals surface area contributed by atoms with Gasteiger partial charge in [-0.25, -0.2) is 9.59 Å². The number of carbonyl (C=O) groups is 2. The summed E-state index contributed by atoms with van der Waals surface area (Å²) in [6.45, 7) is 0. The Bertz CT molecular complexity index is 939. The Hall–Kier alpha value is -2.78. The van der Waals surface area contributed by atoms with Gasteiger partial charge in [0.2, 0.25) is 5.83 Å². The lowest BCUT2D eigenvalue weighted by Crippen LogP contribution is -2.61. The van der Waals surface area contributed by atoms with Gasteiger partial charge in [0.05, 0.1) is 10.6 Å². The van der Waals surface area contributed by atoms with E-state index < -0.39 is 69.6 Å². The first-order valence-corrected chi connectivity index (χ1v) is 7.31. The second-order valence-corrected chi connectivity index (χ2v) is 5.76. The van der Waals surface area contributed by atoms with Crippen LogP contribution in [0, 0.1) is 0 Å². The van der Waals surface area contributed by atoms with Crippen molar-refractivity contribution in [2.75, 3.05) is 0 Å². The van der Waals surface area contributed by atoms with Crippen molar-refractivity contribution in [1.82, 2.24) is 0 Å². The topological polar surface area (TPSA) is 83.8 Å². The first kappa shape index (κ1) is 26.3. The van der Waals surface area contributed by atoms with E-state index in [-0.39, 0.29) is 12.1 Å². The molecular weight excluding hydrogens is 493 g/mol. The van der Waals surface area contributed by atoms with Gasteiger partial charge >= 0.3 is 41.9 Å². The van der Waals surface area contributed by atoms with E-state index in [1.54, 1.807) is 0 Å². The third-order valence-electron chi connectivity index (χ3n) is 3.32. The van der Waals surface area contributed by atoms with Crippen molar-refractivity contribution < 1.29 is 72.8 Å². The summed E-state index contributed by atoms with van der Waals surface area (Å²) in [7, 11) is 0. The molecular formula is C14H4ClF11O5. The first-order chi connectivity index (χ1) is 13.7. The van der Waals surface area contributed by atoms with Crippen LogP contribution in [0.2, 0.25) is 5.02 Å². The maximum Gasteiger partial charge on any atom is 0.460 e. The minimum absolute atomic E-state index is 0.00157. The van der Waals surface area contributed by atoms with E-state index in [4.69, 9.17) is 21.8 Å². The second-order valence-electron chi connectivity index (χ2n) is 5.35. The Labute approximate surface area is 167 Å². The molecule has 0 aliphatic rings. The van der Waals surface area contributed by atoms with E-state index in [1.165, 1.54) is 0 Å². The summed E-state index contributed by atoms with van der Waals surface area (Å²) in [5.41, 5.74) is -2.45. The Morgan fingerprint density at radius 1 is 0.806 bits per heavy atom. The number of alkyl halides is 9. The van der Waals surface area contributed by atoms with Gasteiger partial charge in [0, 0.05) is 0 Å². The summed E-state index contributed by atoms with van der Waals surface area (Å²) in [5, 5.41) is 16.8. The van der Waals surface area contributed by atoms with E-state index in [9.17, 15) is 57.9 Å². The fraction of sp³-hybridized carbons (Fsp3) is 0.286. The van der Waals surface area contributed by atoms with E-state index >= 15 is 0 Å². The van der Waals surface area contributed by atoms with Crippen LogP contribution < -0.4 is 4.74 Å². The van der Waals surface area contributed by atoms with Gasteiger partial charge in [0.1, 0.15) is 11.3 Å². The Morgan fingerprint density at radius 2 is 1.26 bits per heavy atom. The SMILES string of the molecule is O=C(O)c1cc(OC(F)=C(F)C(F)(F)C(F)(F)C(F)(F)C(F)(F)F)c(C(=O)O)cc1Cl. The standard InChI is InChI=1S/C14H4ClF11O5/c15-5-1-4(10(29)30)6(2-3(5)9(27)28)31-8(17)7(16)11(18,19)12(20,21)13(22,23)14(24,25)26/h1-2H,(H,27,28)(H,29,30). The first-order valence-electron chi connectivity index (χ1n) is 6.94. The Morgan fingerprint density at radius 3 is 1.65 bits per heavy atom. The van der Waals surface area contributed by atoms with Crippen LogP contribution in [0.4, 0.5) is 48.3 Å². The minimum atomic E-state index is -7.58. The van der Waals surface area contributed by atoms with Gasteiger partial charge < -0.3 is 14.9 Å². The van der Waals surface area contributed by atoms with E-state index in [0.29, 0.717) is 0 Å². The molecule has 0 atom stereocenters. The van der Waals surface area contributed by atoms with Crippen molar-refractivity contribution >= 4 is 23.5 Å². The summed E-state index contributed by atoms with van der Waals surface area (Å²) in [6.07, 6.45) is -7.32. The van der Waals surface area contributed by atoms with Crippen molar-refractivity contribution in [3.8, 4) is 5.75 Å². The molecule has 0 amide bonds. The fourth-order valence-electron chi connectivity index (χ4n) is 1.75. The molecule has 31 heavy (non-hydrogen) atoms. The molecule has 0 saturated carbocycles. The maximum atomic E-state index is 13.6. The molecule has 0 aliphatic heterocycles. The highest BCUT2D eigenvalue weighted by Gasteiger charge is 2.83. The van der Waals surface area contributed by atoms with Crippen molar-refractivity contribution in [2.24, 2.45) is 0 Å². The molecule has 0 spiro atoms. The van der Waals surface area contributed by atoms with Gasteiger partial charge in [-0.15, -0.1) is 0 Å². The number of benzene rings is 1. The third kappa shape index (κ3) is 4.47. The zero-order valence-corrected chi connectivity index (χ0v) is 14.6. The van der Waals surface area contributed by atoms with Crippen molar-refractivity contribution in [3.05, 3.63) is 40.1 Å². The molecule has 2 N–H and O–H groups in total. The highest BCUT2D eigenvalue weighted by Crippen LogP contribution is 2.55. The Balaban J connectivity index is 3.59. The number of hydrogen-bond donors (Lipinski definition) is 2. The van der Waals surface area contributed by atoms with Crippen molar-refractivity contribution in [2.45, 2.75) is 23.9 Å². The number of carboxylic acid groups (broad SMARTS) is 2. The van der Waals surface area contributed by atoms with Gasteiger partial charge in [-0.2, -0.15) is 48.3 Å². The number of ether oxygens (including phenoxy) is 1. The zero-order valence-electron chi connectivity index (χ0n) is 13.8. The van der Waals surface area contributed by atoms with Crippen LogP contribution in [0.1, 0.15) is 20.7 Å². The smallest absolute Gasteiger partial charge is 0.460 e. The molecule has 0 aromatic heterocycles. The van der Waals surface area contributed by atoms with Gasteiger partial charge in [0.15, 0.2) is 0 Å². The number of allylic oxidation sites excluding steroid dienone is 1. The predicted octanol–water partition coefficient (Wildman–Crippen LogP) is 5.69. The third-order valence-corrected chi connectivity index (χ3v) is 3.64. The van der Waals surface area contributed by atoms with Crippen LogP contribution in [-0.2, 0) is 0 Å². The monoisotopic (exact) mass is 496 g/mol. The van der Waals surface area contributed by atoms with Gasteiger partial charge in [-0.3, -0.25) is 0 Å². The zero-order chi connectivity index (χ0) is 24.7. The van der Waals surface area contributed by atoms with Crippen LogP contribution >= 0.6 is 11.6 Å². The van der Waals surface area contributed by atoms with E-state index in [2.05, 4.69) is 4.74 Å². The number of aromatic carboxylic acids is 2. The van der Waals surface area contributed by atoms with Crippen molar-refractivity contribution in [1.29, 1.82) is 0 Å². The lowest BCUT2D eigenvalue weighted by Gasteiger charge is -2.32. The van der Waals surface area contributed by atoms with Crippen LogP contribution in [0.15, 0.2) is 24.0 Å². The Kier molecular flexibility index (Phi) is 6.82. The second kappa shape index (κ2) is 8.05. The number of hydrogen-bond acceptors (Lipinski definition) is 3. The summed E-state index contributed by atoms with van der Waals surface area (Å²) < 4.78 is 145. The highest BCUT2D eigenvalue weighted by atomic mass is 35.5. The molecule has 5 nitrogen and oxygen atoms in total. The molecule has 174 valence electrons. The summed E-state index contributed by atoms with van der Waals surface area (Å²) in [5.74, 6) is -32.3. The minimum Gasteiger partial charge on any atom is -0.478 e. The molecule has 0 aliphatic carbocycles. The number of rotatable bonds is 7. The molecule has 0 fully saturated rings. The lowest BCUT2D eigenvalue weighted by atomic mass is 10.0. The largest absolute Gasteiger partial charge is 0.478 e. The van der Waals surface area contributed by atoms with Crippen LogP contribution in [0.5, 0.6) is 5.75 Å². The highest BCUT2D eigenvalue weighted by molar-refractivity contribution is 6.34. The van der Waals surface area contributed by atoms with Crippen LogP contribution in [0.3, 0.4) is 0 Å². The fourth-order valence-corrected chi connectivity index (χ4v) is 1.99. The van der Waals surface area contributed by atoms with E-state index in [1.807, 2.05) is 0 Å². The summed E-state index contributed by atoms with van der Waals surface area (Å²) in [6, 6.07) is -3.34. The molecule has 0 heterocycles. The molecule has 1 aromatic carbocycles. The lowest BCUT2D eigenvalue weighted by molar-refractivity contribution is -0.392. The van der Waals surface area contributed by atoms with Gasteiger partial charge in [-0.05, 0) is 12.1 Å². The molecule has 1 rings (SSSR count). The molecule has 0 saturated heterocycles. The average Bonchev–Trinajstić information content (AvgIpc) is 2.60. The molecule has 0 unspecified atom stereocenters. The predicted molar refractivity (Wildman–Crippen MR) is 76.1 cm³/mol. The van der Waals surface area contributed by atoms with E-state index in [0.717, 1.165) is 0 Å². The average molecular weight is 497 g/mol. The summed E-state index contributed by atoms with van der Waals surface area (Å²) in [4.78, 5) is 21.9. The van der Waals surface area contributed by atoms with Crippen molar-refractivity contribution in [3.63, 3.8) is 0 Å². The molecule has 1 aromatic rings. The van der Waals surface area contributed by atoms with Gasteiger partial charge in [0.25, 0.3) is 0 Å². The van der Waals surface area contributed by atoms with Crippen LogP contribution in [0.25, 0.3) is 0 Å². The molecule has 0 bridgehead atoms.